The van der Waals surface area contributed by atoms with Gasteiger partial charge >= 0.3 is 0 Å². The Hall–Kier alpha value is -1.39. The number of rotatable bonds is 3. The number of imidazole rings is 1. The van der Waals surface area contributed by atoms with Crippen molar-refractivity contribution in [3.8, 4) is 0 Å². The van der Waals surface area contributed by atoms with Gasteiger partial charge in [-0.25, -0.2) is 4.98 Å². The van der Waals surface area contributed by atoms with Gasteiger partial charge in [0.1, 0.15) is 5.82 Å². The third-order valence-electron chi connectivity index (χ3n) is 4.01. The molecule has 4 heteroatoms. The summed E-state index contributed by atoms with van der Waals surface area (Å²) >= 11 is 0. The molecule has 1 aromatic carbocycles. The van der Waals surface area contributed by atoms with Gasteiger partial charge in [0.25, 0.3) is 0 Å². The molecule has 1 aliphatic rings. The van der Waals surface area contributed by atoms with Crippen LogP contribution >= 0.6 is 0 Å². The summed E-state index contributed by atoms with van der Waals surface area (Å²) in [5.74, 6) is 1.20. The van der Waals surface area contributed by atoms with Gasteiger partial charge in [-0.3, -0.25) is 4.90 Å². The highest BCUT2D eigenvalue weighted by Crippen LogP contribution is 2.17. The molecule has 0 spiro atoms. The zero-order valence-corrected chi connectivity index (χ0v) is 11.8. The van der Waals surface area contributed by atoms with Gasteiger partial charge < -0.3 is 9.47 Å². The number of hydrogen-bond acceptors (Lipinski definition) is 3. The van der Waals surface area contributed by atoms with E-state index < -0.39 is 0 Å². The van der Waals surface area contributed by atoms with Gasteiger partial charge in [-0.1, -0.05) is 12.1 Å². The van der Waals surface area contributed by atoms with E-state index in [0.717, 1.165) is 44.8 Å². The summed E-state index contributed by atoms with van der Waals surface area (Å²) in [6, 6.07) is 8.43. The van der Waals surface area contributed by atoms with Gasteiger partial charge in [0.15, 0.2) is 0 Å². The van der Waals surface area contributed by atoms with Crippen molar-refractivity contribution < 1.29 is 0 Å². The van der Waals surface area contributed by atoms with E-state index in [9.17, 15) is 0 Å². The Morgan fingerprint density at radius 1 is 1.11 bits per heavy atom. The normalized spacial score (nSPS) is 18.2. The molecule has 3 rings (SSSR count). The van der Waals surface area contributed by atoms with Gasteiger partial charge in [-0.05, 0) is 26.1 Å². The van der Waals surface area contributed by atoms with Crippen LogP contribution in [0, 0.1) is 0 Å². The fourth-order valence-corrected chi connectivity index (χ4v) is 2.80. The maximum Gasteiger partial charge on any atom is 0.124 e. The summed E-state index contributed by atoms with van der Waals surface area (Å²) in [4.78, 5) is 9.70. The molecule has 4 nitrogen and oxygen atoms in total. The Kier molecular flexibility index (Phi) is 3.53. The van der Waals surface area contributed by atoms with E-state index in [1.807, 2.05) is 0 Å². The highest BCUT2D eigenvalue weighted by atomic mass is 15.3. The van der Waals surface area contributed by atoms with Crippen LogP contribution in [0.1, 0.15) is 12.7 Å². The summed E-state index contributed by atoms with van der Waals surface area (Å²) in [5, 5.41) is 0. The van der Waals surface area contributed by atoms with Crippen LogP contribution in [-0.2, 0) is 13.1 Å². The Bertz CT molecular complexity index is 552. The molecule has 0 atom stereocenters. The molecule has 0 N–H and O–H groups in total. The first-order valence-corrected chi connectivity index (χ1v) is 7.13. The maximum atomic E-state index is 4.80. The van der Waals surface area contributed by atoms with Gasteiger partial charge in [-0.2, -0.15) is 0 Å². The minimum absolute atomic E-state index is 0.969. The number of hydrogen-bond donors (Lipinski definition) is 0. The predicted octanol–water partition coefficient (Wildman–Crippen LogP) is 1.80. The van der Waals surface area contributed by atoms with Crippen LogP contribution < -0.4 is 0 Å². The molecule has 19 heavy (non-hydrogen) atoms. The SMILES string of the molecule is CCn1c(CN2CCN(C)CC2)nc2ccccc21. The van der Waals surface area contributed by atoms with Crippen molar-refractivity contribution in [3.63, 3.8) is 0 Å². The lowest BCUT2D eigenvalue weighted by molar-refractivity contribution is 0.144. The molecule has 2 heterocycles. The number of nitrogens with zero attached hydrogens (tertiary/aromatic N) is 4. The van der Waals surface area contributed by atoms with E-state index >= 15 is 0 Å². The number of fused-ring (bicyclic) bond motifs is 1. The summed E-state index contributed by atoms with van der Waals surface area (Å²) < 4.78 is 2.34. The van der Waals surface area contributed by atoms with Crippen LogP contribution in [-0.4, -0.2) is 52.6 Å². The van der Waals surface area contributed by atoms with Gasteiger partial charge in [0, 0.05) is 32.7 Å². The number of likely N-dealkylation sites (N-methyl/N-ethyl adjacent to an activating group) is 1. The first-order chi connectivity index (χ1) is 9.28. The molecule has 1 saturated heterocycles. The van der Waals surface area contributed by atoms with E-state index in [1.54, 1.807) is 0 Å². The molecule has 0 bridgehead atoms. The fourth-order valence-electron chi connectivity index (χ4n) is 2.80. The predicted molar refractivity (Wildman–Crippen MR) is 78.2 cm³/mol. The zero-order valence-electron chi connectivity index (χ0n) is 11.8. The van der Waals surface area contributed by atoms with Crippen molar-refractivity contribution in [2.45, 2.75) is 20.0 Å². The van der Waals surface area contributed by atoms with E-state index in [0.29, 0.717) is 0 Å². The highest BCUT2D eigenvalue weighted by Gasteiger charge is 2.17. The first-order valence-electron chi connectivity index (χ1n) is 7.13. The molecular weight excluding hydrogens is 236 g/mol. The van der Waals surface area contributed by atoms with Crippen LogP contribution in [0.25, 0.3) is 11.0 Å². The lowest BCUT2D eigenvalue weighted by atomic mass is 10.3. The smallest absolute Gasteiger partial charge is 0.124 e. The lowest BCUT2D eigenvalue weighted by Crippen LogP contribution is -2.44. The van der Waals surface area contributed by atoms with Crippen molar-refractivity contribution in [1.82, 2.24) is 19.4 Å². The number of benzene rings is 1. The largest absolute Gasteiger partial charge is 0.327 e. The second kappa shape index (κ2) is 5.31. The molecule has 1 aliphatic heterocycles. The molecule has 0 unspecified atom stereocenters. The molecule has 102 valence electrons. The van der Waals surface area contributed by atoms with E-state index in [1.165, 1.54) is 11.3 Å². The van der Waals surface area contributed by atoms with Gasteiger partial charge in [0.05, 0.1) is 17.6 Å². The van der Waals surface area contributed by atoms with Crippen molar-refractivity contribution in [2.24, 2.45) is 0 Å². The summed E-state index contributed by atoms with van der Waals surface area (Å²) in [7, 11) is 2.19. The average Bonchev–Trinajstić information content (AvgIpc) is 2.78. The molecule has 0 saturated carbocycles. The Morgan fingerprint density at radius 3 is 2.58 bits per heavy atom. The van der Waals surface area contributed by atoms with E-state index in [4.69, 9.17) is 4.98 Å². The summed E-state index contributed by atoms with van der Waals surface area (Å²) in [6.07, 6.45) is 0. The van der Waals surface area contributed by atoms with Crippen LogP contribution in [0.5, 0.6) is 0 Å². The first kappa shape index (κ1) is 12.6. The zero-order chi connectivity index (χ0) is 13.2. The molecule has 0 radical (unpaired) electrons. The number of aromatic nitrogens is 2. The van der Waals surface area contributed by atoms with Crippen molar-refractivity contribution in [2.75, 3.05) is 33.2 Å². The minimum Gasteiger partial charge on any atom is -0.327 e. The van der Waals surface area contributed by atoms with E-state index in [2.05, 4.69) is 52.6 Å². The van der Waals surface area contributed by atoms with E-state index in [-0.39, 0.29) is 0 Å². The Morgan fingerprint density at radius 2 is 1.84 bits per heavy atom. The second-order valence-electron chi connectivity index (χ2n) is 5.34. The van der Waals surface area contributed by atoms with Crippen molar-refractivity contribution in [3.05, 3.63) is 30.1 Å². The Labute approximate surface area is 114 Å². The molecule has 1 fully saturated rings. The standard InChI is InChI=1S/C15H22N4/c1-3-19-14-7-5-4-6-13(14)16-15(19)12-18-10-8-17(2)9-11-18/h4-7H,3,8-12H2,1-2H3. The van der Waals surface area contributed by atoms with Crippen molar-refractivity contribution in [1.29, 1.82) is 0 Å². The maximum absolute atomic E-state index is 4.80. The molecular formula is C15H22N4. The fraction of sp³-hybridized carbons (Fsp3) is 0.533. The van der Waals surface area contributed by atoms with Gasteiger partial charge in [-0.15, -0.1) is 0 Å². The second-order valence-corrected chi connectivity index (χ2v) is 5.34. The van der Waals surface area contributed by atoms with Crippen LogP contribution in [0.4, 0.5) is 0 Å². The molecule has 2 aromatic rings. The van der Waals surface area contributed by atoms with Crippen molar-refractivity contribution >= 4 is 11.0 Å². The highest BCUT2D eigenvalue weighted by molar-refractivity contribution is 5.75. The summed E-state index contributed by atoms with van der Waals surface area (Å²) in [5.41, 5.74) is 2.38. The Balaban J connectivity index is 1.84. The summed E-state index contributed by atoms with van der Waals surface area (Å²) in [6.45, 7) is 8.76. The number of aryl methyl sites for hydroxylation is 1. The molecule has 1 aromatic heterocycles. The average molecular weight is 258 g/mol. The van der Waals surface area contributed by atoms with Crippen LogP contribution in [0.2, 0.25) is 0 Å². The van der Waals surface area contributed by atoms with Crippen LogP contribution in [0.3, 0.4) is 0 Å². The third-order valence-corrected chi connectivity index (χ3v) is 4.01. The monoisotopic (exact) mass is 258 g/mol. The molecule has 0 aliphatic carbocycles. The quantitative estimate of drug-likeness (QED) is 0.839. The number of para-hydroxylation sites is 2. The molecule has 0 amide bonds. The topological polar surface area (TPSA) is 24.3 Å². The lowest BCUT2D eigenvalue weighted by Gasteiger charge is -2.32. The van der Waals surface area contributed by atoms with Gasteiger partial charge in [0.2, 0.25) is 0 Å². The third kappa shape index (κ3) is 2.51. The minimum atomic E-state index is 0.969. The number of piperazine rings is 1. The van der Waals surface area contributed by atoms with Crippen LogP contribution in [0.15, 0.2) is 24.3 Å².